The Labute approximate surface area is 210 Å². The maximum Gasteiger partial charge on any atom is 0.338 e. The van der Waals surface area contributed by atoms with Crippen molar-refractivity contribution in [3.63, 3.8) is 0 Å². The fourth-order valence-corrected chi connectivity index (χ4v) is 5.41. The number of carbonyl (C=O) groups is 2. The SMILES string of the molecule is N#CC1=C(N)N(c2ccc(F)cc2)C2=C(C(=O)OC2)[C@]12C(=O)N(Cc1ccc(F)cc1)c1ccccc12. The van der Waals surface area contributed by atoms with Crippen molar-refractivity contribution in [2.75, 3.05) is 16.4 Å². The van der Waals surface area contributed by atoms with Gasteiger partial charge in [0.2, 0.25) is 5.91 Å². The highest BCUT2D eigenvalue weighted by atomic mass is 19.1. The summed E-state index contributed by atoms with van der Waals surface area (Å²) in [6.45, 7) is -0.101. The van der Waals surface area contributed by atoms with E-state index >= 15 is 0 Å². The van der Waals surface area contributed by atoms with E-state index in [0.29, 0.717) is 28.2 Å². The average molecular weight is 496 g/mol. The van der Waals surface area contributed by atoms with Crippen LogP contribution < -0.4 is 15.5 Å². The maximum absolute atomic E-state index is 14.4. The summed E-state index contributed by atoms with van der Waals surface area (Å²) in [7, 11) is 0. The Kier molecular flexibility index (Phi) is 4.88. The van der Waals surface area contributed by atoms with Gasteiger partial charge in [0.05, 0.1) is 23.4 Å². The Hall–Kier alpha value is -4.97. The number of carbonyl (C=O) groups excluding carboxylic acids is 2. The van der Waals surface area contributed by atoms with Gasteiger partial charge in [0.25, 0.3) is 0 Å². The van der Waals surface area contributed by atoms with E-state index in [-0.39, 0.29) is 30.1 Å². The zero-order valence-electron chi connectivity index (χ0n) is 19.2. The molecule has 0 fully saturated rings. The van der Waals surface area contributed by atoms with Crippen LogP contribution in [-0.2, 0) is 26.3 Å². The molecular weight excluding hydrogens is 478 g/mol. The van der Waals surface area contributed by atoms with Crippen molar-refractivity contribution in [1.29, 1.82) is 5.26 Å². The lowest BCUT2D eigenvalue weighted by atomic mass is 9.67. The van der Waals surface area contributed by atoms with Gasteiger partial charge in [0.1, 0.15) is 35.5 Å². The number of benzene rings is 3. The minimum atomic E-state index is -1.82. The van der Waals surface area contributed by atoms with Gasteiger partial charge in [-0.25, -0.2) is 13.6 Å². The fraction of sp³-hybridized carbons (Fsp3) is 0.107. The summed E-state index contributed by atoms with van der Waals surface area (Å²) in [5, 5.41) is 10.4. The first-order valence-corrected chi connectivity index (χ1v) is 11.4. The van der Waals surface area contributed by atoms with Gasteiger partial charge >= 0.3 is 5.97 Å². The zero-order chi connectivity index (χ0) is 25.9. The summed E-state index contributed by atoms with van der Waals surface area (Å²) in [5.74, 6) is -2.22. The molecule has 1 spiro atoms. The number of hydrogen-bond donors (Lipinski definition) is 1. The average Bonchev–Trinajstić information content (AvgIpc) is 3.39. The molecule has 3 heterocycles. The molecule has 3 aliphatic rings. The standard InChI is InChI=1S/C28H18F2N4O3/c29-17-7-5-16(6-8-17)14-33-22-4-2-1-3-20(22)28(27(33)36)21(13-31)25(32)34(19-11-9-18(30)10-12-19)23-15-37-26(35)24(23)28/h1-12H,14-15,32H2/t28-/m1/s1. The maximum atomic E-state index is 14.4. The molecule has 0 radical (unpaired) electrons. The van der Waals surface area contributed by atoms with Crippen molar-refractivity contribution in [2.45, 2.75) is 12.0 Å². The molecule has 2 N–H and O–H groups in total. The first-order chi connectivity index (χ1) is 17.9. The van der Waals surface area contributed by atoms with E-state index in [1.807, 2.05) is 0 Å². The molecule has 3 aliphatic heterocycles. The van der Waals surface area contributed by atoms with Crippen LogP contribution in [-0.4, -0.2) is 18.5 Å². The number of esters is 1. The van der Waals surface area contributed by atoms with E-state index in [9.17, 15) is 23.6 Å². The van der Waals surface area contributed by atoms with E-state index < -0.39 is 28.9 Å². The Morgan fingerprint density at radius 2 is 1.62 bits per heavy atom. The summed E-state index contributed by atoms with van der Waals surface area (Å²) < 4.78 is 32.6. The highest BCUT2D eigenvalue weighted by Crippen LogP contribution is 2.56. The lowest BCUT2D eigenvalue weighted by Crippen LogP contribution is -2.50. The Morgan fingerprint density at radius 3 is 2.30 bits per heavy atom. The summed E-state index contributed by atoms with van der Waals surface area (Å²) >= 11 is 0. The highest BCUT2D eigenvalue weighted by Gasteiger charge is 2.63. The largest absolute Gasteiger partial charge is 0.456 e. The van der Waals surface area contributed by atoms with E-state index in [2.05, 4.69) is 6.07 Å². The number of hydrogen-bond acceptors (Lipinski definition) is 6. The Bertz CT molecular complexity index is 1590. The molecule has 0 unspecified atom stereocenters. The monoisotopic (exact) mass is 496 g/mol. The molecule has 6 rings (SSSR count). The van der Waals surface area contributed by atoms with Crippen LogP contribution in [0.4, 0.5) is 20.2 Å². The number of nitrogens with zero attached hydrogens (tertiary/aromatic N) is 3. The number of ether oxygens (including phenoxy) is 1. The van der Waals surface area contributed by atoms with Crippen LogP contribution in [0.25, 0.3) is 0 Å². The first kappa shape index (κ1) is 22.5. The van der Waals surface area contributed by atoms with Crippen LogP contribution >= 0.6 is 0 Å². The van der Waals surface area contributed by atoms with Gasteiger partial charge in [-0.2, -0.15) is 5.26 Å². The number of halogens is 2. The second kappa shape index (κ2) is 8.03. The third kappa shape index (κ3) is 3.02. The number of rotatable bonds is 3. The highest BCUT2D eigenvalue weighted by molar-refractivity contribution is 6.19. The van der Waals surface area contributed by atoms with Gasteiger partial charge in [-0.15, -0.1) is 0 Å². The Balaban J connectivity index is 1.60. The van der Waals surface area contributed by atoms with Crippen molar-refractivity contribution >= 4 is 23.3 Å². The summed E-state index contributed by atoms with van der Waals surface area (Å²) in [5.41, 5.74) is 6.91. The molecule has 0 aromatic heterocycles. The first-order valence-electron chi connectivity index (χ1n) is 11.4. The van der Waals surface area contributed by atoms with Crippen molar-refractivity contribution < 1.29 is 23.1 Å². The number of fused-ring (bicyclic) bond motifs is 3. The lowest BCUT2D eigenvalue weighted by Gasteiger charge is -2.38. The summed E-state index contributed by atoms with van der Waals surface area (Å²) in [6, 6.07) is 20.1. The molecular formula is C28H18F2N4O3. The molecule has 3 aromatic carbocycles. The van der Waals surface area contributed by atoms with Crippen LogP contribution in [0.5, 0.6) is 0 Å². The molecule has 0 bridgehead atoms. The topological polar surface area (TPSA) is 99.7 Å². The molecule has 182 valence electrons. The van der Waals surface area contributed by atoms with Crippen LogP contribution in [0, 0.1) is 23.0 Å². The molecule has 9 heteroatoms. The molecule has 3 aromatic rings. The molecule has 0 saturated carbocycles. The summed E-state index contributed by atoms with van der Waals surface area (Å²) in [6.07, 6.45) is 0. The van der Waals surface area contributed by atoms with Gasteiger partial charge < -0.3 is 15.4 Å². The van der Waals surface area contributed by atoms with Gasteiger partial charge in [0.15, 0.2) is 0 Å². The minimum absolute atomic E-state index is 0.00151. The number of cyclic esters (lactones) is 1. The molecule has 1 amide bonds. The van der Waals surface area contributed by atoms with Crippen molar-refractivity contribution in [3.8, 4) is 6.07 Å². The zero-order valence-corrected chi connectivity index (χ0v) is 19.2. The second-order valence-corrected chi connectivity index (χ2v) is 8.87. The predicted octanol–water partition coefficient (Wildman–Crippen LogP) is 3.77. The fourth-order valence-electron chi connectivity index (χ4n) is 5.41. The van der Waals surface area contributed by atoms with Crippen LogP contribution in [0.2, 0.25) is 0 Å². The Morgan fingerprint density at radius 1 is 0.973 bits per heavy atom. The quantitative estimate of drug-likeness (QED) is 0.554. The number of amides is 1. The number of para-hydroxylation sites is 1. The number of anilines is 2. The number of nitriles is 1. The van der Waals surface area contributed by atoms with Crippen molar-refractivity contribution in [1.82, 2.24) is 0 Å². The van der Waals surface area contributed by atoms with E-state index in [1.165, 1.54) is 46.2 Å². The second-order valence-electron chi connectivity index (χ2n) is 8.87. The van der Waals surface area contributed by atoms with Crippen molar-refractivity contribution in [2.24, 2.45) is 5.73 Å². The van der Waals surface area contributed by atoms with Gasteiger partial charge in [-0.1, -0.05) is 30.3 Å². The normalized spacial score (nSPS) is 20.4. The lowest BCUT2D eigenvalue weighted by molar-refractivity contribution is -0.137. The molecule has 7 nitrogen and oxygen atoms in total. The van der Waals surface area contributed by atoms with Gasteiger partial charge in [-0.05, 0) is 48.0 Å². The van der Waals surface area contributed by atoms with Crippen LogP contribution in [0.15, 0.2) is 95.5 Å². The summed E-state index contributed by atoms with van der Waals surface area (Å²) in [4.78, 5) is 30.6. The van der Waals surface area contributed by atoms with E-state index in [1.54, 1.807) is 36.4 Å². The van der Waals surface area contributed by atoms with E-state index in [4.69, 9.17) is 10.5 Å². The van der Waals surface area contributed by atoms with Gasteiger partial charge in [0, 0.05) is 16.9 Å². The molecule has 1 atom stereocenters. The molecule has 0 saturated heterocycles. The molecule has 0 aliphatic carbocycles. The van der Waals surface area contributed by atoms with Crippen LogP contribution in [0.1, 0.15) is 11.1 Å². The number of nitrogens with two attached hydrogens (primary N) is 1. The minimum Gasteiger partial charge on any atom is -0.456 e. The van der Waals surface area contributed by atoms with Crippen LogP contribution in [0.3, 0.4) is 0 Å². The third-order valence-corrected chi connectivity index (χ3v) is 6.97. The van der Waals surface area contributed by atoms with Crippen molar-refractivity contribution in [3.05, 3.63) is 118 Å². The predicted molar refractivity (Wildman–Crippen MR) is 129 cm³/mol. The van der Waals surface area contributed by atoms with Gasteiger partial charge in [-0.3, -0.25) is 9.69 Å². The molecule has 37 heavy (non-hydrogen) atoms. The smallest absolute Gasteiger partial charge is 0.338 e. The van der Waals surface area contributed by atoms with E-state index in [0.717, 1.165) is 0 Å². The third-order valence-electron chi connectivity index (χ3n) is 6.97.